The Labute approximate surface area is 175 Å². The number of anilines is 2. The van der Waals surface area contributed by atoms with Crippen LogP contribution in [0.2, 0.25) is 0 Å². The molecule has 2 unspecified atom stereocenters. The molecule has 2 atom stereocenters. The van der Waals surface area contributed by atoms with Crippen molar-refractivity contribution in [2.45, 2.75) is 19.4 Å². The molecule has 3 aromatic rings. The van der Waals surface area contributed by atoms with Gasteiger partial charge in [-0.15, -0.1) is 0 Å². The van der Waals surface area contributed by atoms with Crippen LogP contribution in [-0.2, 0) is 21.9 Å². The lowest BCUT2D eigenvalue weighted by Crippen LogP contribution is -2.10. The van der Waals surface area contributed by atoms with Gasteiger partial charge >= 0.3 is 0 Å². The van der Waals surface area contributed by atoms with E-state index in [4.69, 9.17) is 8.92 Å². The van der Waals surface area contributed by atoms with Gasteiger partial charge in [0.05, 0.1) is 6.61 Å². The molecule has 0 saturated carbocycles. The van der Waals surface area contributed by atoms with Gasteiger partial charge in [0.2, 0.25) is 0 Å². The van der Waals surface area contributed by atoms with Crippen LogP contribution in [0.15, 0.2) is 78.9 Å². The third kappa shape index (κ3) is 6.17. The molecule has 0 radical (unpaired) electrons. The van der Waals surface area contributed by atoms with Crippen molar-refractivity contribution in [1.82, 2.24) is 0 Å². The number of rotatable bonds is 9. The second kappa shape index (κ2) is 10.2. The minimum absolute atomic E-state index is 0.194. The lowest BCUT2D eigenvalue weighted by Gasteiger charge is -2.21. The lowest BCUT2D eigenvalue weighted by molar-refractivity contribution is 0.306. The molecule has 0 fully saturated rings. The van der Waals surface area contributed by atoms with E-state index in [-0.39, 0.29) is 5.92 Å². The Kier molecular flexibility index (Phi) is 7.44. The highest BCUT2D eigenvalue weighted by Crippen LogP contribution is 2.27. The first kappa shape index (κ1) is 21.1. The SMILES string of the molecule is CC(COS(C)=O)c1ccc(N(C)c2ccc(OCc3ccccc3)cc2)cc1. The number of ether oxygens (including phenoxy) is 1. The maximum Gasteiger partial charge on any atom is 0.152 e. The largest absolute Gasteiger partial charge is 0.489 e. The number of hydrogen-bond acceptors (Lipinski definition) is 4. The Bertz CT molecular complexity index is 911. The van der Waals surface area contributed by atoms with Gasteiger partial charge in [-0.25, -0.2) is 4.21 Å². The zero-order valence-corrected chi connectivity index (χ0v) is 17.9. The molecule has 4 nitrogen and oxygen atoms in total. The summed E-state index contributed by atoms with van der Waals surface area (Å²) >= 11 is -1.23. The van der Waals surface area contributed by atoms with E-state index in [1.807, 2.05) is 37.4 Å². The van der Waals surface area contributed by atoms with Crippen molar-refractivity contribution in [2.24, 2.45) is 0 Å². The predicted octanol–water partition coefficient (Wildman–Crippen LogP) is 5.45. The normalized spacial score (nSPS) is 12.9. The van der Waals surface area contributed by atoms with E-state index >= 15 is 0 Å². The molecule has 3 aromatic carbocycles. The van der Waals surface area contributed by atoms with Crippen LogP contribution >= 0.6 is 0 Å². The summed E-state index contributed by atoms with van der Waals surface area (Å²) < 4.78 is 22.2. The van der Waals surface area contributed by atoms with Crippen LogP contribution in [0.4, 0.5) is 11.4 Å². The fourth-order valence-corrected chi connectivity index (χ4v) is 3.37. The van der Waals surface area contributed by atoms with Gasteiger partial charge in [0.15, 0.2) is 11.1 Å². The first-order chi connectivity index (χ1) is 14.0. The maximum absolute atomic E-state index is 11.1. The molecular formula is C24H27NO3S. The van der Waals surface area contributed by atoms with Gasteiger partial charge < -0.3 is 9.64 Å². The summed E-state index contributed by atoms with van der Waals surface area (Å²) in [6.45, 7) is 3.08. The minimum atomic E-state index is -1.23. The summed E-state index contributed by atoms with van der Waals surface area (Å²) in [4.78, 5) is 2.13. The first-order valence-corrected chi connectivity index (χ1v) is 11.1. The maximum atomic E-state index is 11.1. The molecule has 3 rings (SSSR count). The molecule has 5 heteroatoms. The van der Waals surface area contributed by atoms with Crippen LogP contribution < -0.4 is 9.64 Å². The Hall–Kier alpha value is -2.63. The highest BCUT2D eigenvalue weighted by atomic mass is 32.2. The average Bonchev–Trinajstić information content (AvgIpc) is 2.76. The Balaban J connectivity index is 1.59. The van der Waals surface area contributed by atoms with Gasteiger partial charge in [-0.2, -0.15) is 0 Å². The molecule has 0 heterocycles. The zero-order valence-electron chi connectivity index (χ0n) is 17.1. The number of hydrogen-bond donors (Lipinski definition) is 0. The molecular weight excluding hydrogens is 382 g/mol. The third-order valence-corrected chi connectivity index (χ3v) is 5.27. The van der Waals surface area contributed by atoms with E-state index in [1.54, 1.807) is 6.26 Å². The number of nitrogens with zero attached hydrogens (tertiary/aromatic N) is 1. The highest BCUT2D eigenvalue weighted by Gasteiger charge is 2.09. The van der Waals surface area contributed by atoms with Crippen molar-refractivity contribution in [3.05, 3.63) is 90.0 Å². The Morgan fingerprint density at radius 2 is 1.48 bits per heavy atom. The topological polar surface area (TPSA) is 38.8 Å². The van der Waals surface area contributed by atoms with E-state index in [1.165, 1.54) is 0 Å². The van der Waals surface area contributed by atoms with E-state index in [9.17, 15) is 4.21 Å². The molecule has 0 aliphatic heterocycles. The van der Waals surface area contributed by atoms with E-state index < -0.39 is 11.1 Å². The fourth-order valence-electron chi connectivity index (χ4n) is 2.98. The van der Waals surface area contributed by atoms with E-state index in [2.05, 4.69) is 60.4 Å². The van der Waals surface area contributed by atoms with E-state index in [0.717, 1.165) is 28.3 Å². The van der Waals surface area contributed by atoms with Crippen LogP contribution in [0.5, 0.6) is 5.75 Å². The van der Waals surface area contributed by atoms with Crippen LogP contribution in [0.3, 0.4) is 0 Å². The summed E-state index contributed by atoms with van der Waals surface area (Å²) in [6, 6.07) is 26.6. The Morgan fingerprint density at radius 1 is 0.897 bits per heavy atom. The minimum Gasteiger partial charge on any atom is -0.489 e. The fraction of sp³-hybridized carbons (Fsp3) is 0.250. The van der Waals surface area contributed by atoms with Gasteiger partial charge in [0.25, 0.3) is 0 Å². The standard InChI is InChI=1S/C24H27NO3S/c1-19(17-28-29(3)26)21-9-11-22(12-10-21)25(2)23-13-15-24(16-14-23)27-18-20-7-5-4-6-8-20/h4-16,19H,17-18H2,1-3H3. The smallest absolute Gasteiger partial charge is 0.152 e. The molecule has 0 aliphatic rings. The molecule has 0 N–H and O–H groups in total. The summed E-state index contributed by atoms with van der Waals surface area (Å²) in [6.07, 6.45) is 1.54. The van der Waals surface area contributed by atoms with Gasteiger partial charge in [-0.1, -0.05) is 49.4 Å². The average molecular weight is 410 g/mol. The van der Waals surface area contributed by atoms with Crippen molar-refractivity contribution in [2.75, 3.05) is 24.8 Å². The van der Waals surface area contributed by atoms with E-state index in [0.29, 0.717) is 13.2 Å². The molecule has 0 amide bonds. The molecule has 29 heavy (non-hydrogen) atoms. The van der Waals surface area contributed by atoms with Gasteiger partial charge in [-0.05, 0) is 47.5 Å². The van der Waals surface area contributed by atoms with Crippen molar-refractivity contribution < 1.29 is 13.1 Å². The molecule has 0 aromatic heterocycles. The summed E-state index contributed by atoms with van der Waals surface area (Å²) in [5.74, 6) is 1.04. The van der Waals surface area contributed by atoms with Crippen molar-refractivity contribution >= 4 is 22.5 Å². The van der Waals surface area contributed by atoms with Crippen LogP contribution in [-0.4, -0.2) is 24.1 Å². The highest BCUT2D eigenvalue weighted by molar-refractivity contribution is 7.79. The summed E-state index contributed by atoms with van der Waals surface area (Å²) in [7, 11) is 2.04. The van der Waals surface area contributed by atoms with Crippen molar-refractivity contribution in [1.29, 1.82) is 0 Å². The van der Waals surface area contributed by atoms with Gasteiger partial charge in [-0.3, -0.25) is 4.18 Å². The van der Waals surface area contributed by atoms with Crippen molar-refractivity contribution in [3.8, 4) is 5.75 Å². The number of benzene rings is 3. The van der Waals surface area contributed by atoms with Crippen molar-refractivity contribution in [3.63, 3.8) is 0 Å². The lowest BCUT2D eigenvalue weighted by atomic mass is 10.0. The van der Waals surface area contributed by atoms with Crippen LogP contribution in [0, 0.1) is 0 Å². The Morgan fingerprint density at radius 3 is 2.07 bits per heavy atom. The van der Waals surface area contributed by atoms with Gasteiger partial charge in [0.1, 0.15) is 12.4 Å². The monoisotopic (exact) mass is 409 g/mol. The zero-order chi connectivity index (χ0) is 20.6. The molecule has 0 spiro atoms. The van der Waals surface area contributed by atoms with Gasteiger partial charge in [0, 0.05) is 30.6 Å². The van der Waals surface area contributed by atoms with Crippen LogP contribution in [0.1, 0.15) is 24.0 Å². The molecule has 152 valence electrons. The molecule has 0 saturated heterocycles. The summed E-state index contributed by atoms with van der Waals surface area (Å²) in [5, 5.41) is 0. The second-order valence-corrected chi connectivity index (χ2v) is 8.04. The third-order valence-electron chi connectivity index (χ3n) is 4.81. The molecule has 0 bridgehead atoms. The first-order valence-electron chi connectivity index (χ1n) is 9.60. The predicted molar refractivity (Wildman–Crippen MR) is 120 cm³/mol. The second-order valence-electron chi connectivity index (χ2n) is 7.01. The quantitative estimate of drug-likeness (QED) is 0.471. The van der Waals surface area contributed by atoms with Crippen LogP contribution in [0.25, 0.3) is 0 Å². The summed E-state index contributed by atoms with van der Waals surface area (Å²) in [5.41, 5.74) is 4.50. The molecule has 0 aliphatic carbocycles.